The summed E-state index contributed by atoms with van der Waals surface area (Å²) in [6, 6.07) is 3.47. The second-order valence-corrected chi connectivity index (χ2v) is 4.40. The summed E-state index contributed by atoms with van der Waals surface area (Å²) in [5.74, 6) is 0.312. The number of nitrogens with zero attached hydrogens (tertiary/aromatic N) is 1. The Labute approximate surface area is 106 Å². The fourth-order valence-electron chi connectivity index (χ4n) is 2.11. The van der Waals surface area contributed by atoms with Gasteiger partial charge in [0.05, 0.1) is 24.3 Å². The molecule has 2 rings (SSSR count). The van der Waals surface area contributed by atoms with Gasteiger partial charge in [-0.2, -0.15) is 0 Å². The van der Waals surface area contributed by atoms with Gasteiger partial charge in [0.15, 0.2) is 0 Å². The van der Waals surface area contributed by atoms with Crippen molar-refractivity contribution in [2.24, 2.45) is 0 Å². The van der Waals surface area contributed by atoms with Gasteiger partial charge < -0.3 is 15.2 Å². The summed E-state index contributed by atoms with van der Waals surface area (Å²) in [4.78, 5) is 15.6. The number of hydrogen-bond donors (Lipinski definition) is 2. The van der Waals surface area contributed by atoms with Crippen molar-refractivity contribution in [3.8, 4) is 0 Å². The lowest BCUT2D eigenvalue weighted by atomic mass is 10.2. The number of aliphatic hydroxyl groups is 1. The van der Waals surface area contributed by atoms with Gasteiger partial charge >= 0.3 is 5.97 Å². The Kier molecular flexibility index (Phi) is 4.15. The number of aromatic nitrogens is 1. The maximum atomic E-state index is 11.4. The fraction of sp³-hybridized carbons (Fsp3) is 0.538. The monoisotopic (exact) mass is 250 g/mol. The van der Waals surface area contributed by atoms with E-state index in [-0.39, 0.29) is 18.1 Å². The summed E-state index contributed by atoms with van der Waals surface area (Å²) < 4.78 is 4.88. The Balaban J connectivity index is 1.97. The van der Waals surface area contributed by atoms with Crippen LogP contribution in [-0.4, -0.2) is 34.8 Å². The molecule has 0 saturated heterocycles. The van der Waals surface area contributed by atoms with Crippen LogP contribution in [0.2, 0.25) is 0 Å². The molecule has 2 N–H and O–H groups in total. The molecule has 98 valence electrons. The maximum Gasteiger partial charge on any atom is 0.339 e. The molecule has 1 aromatic heterocycles. The Morgan fingerprint density at radius 2 is 2.39 bits per heavy atom. The molecule has 18 heavy (non-hydrogen) atoms. The van der Waals surface area contributed by atoms with Crippen LogP contribution in [-0.2, 0) is 4.74 Å². The fourth-order valence-corrected chi connectivity index (χ4v) is 2.11. The van der Waals surface area contributed by atoms with Crippen molar-refractivity contribution in [1.82, 2.24) is 4.98 Å². The van der Waals surface area contributed by atoms with Crippen LogP contribution in [0.25, 0.3) is 0 Å². The van der Waals surface area contributed by atoms with Gasteiger partial charge in [-0.1, -0.05) is 0 Å². The molecule has 1 heterocycles. The number of nitrogens with one attached hydrogen (secondary N) is 1. The molecule has 5 heteroatoms. The highest BCUT2D eigenvalue weighted by Crippen LogP contribution is 2.22. The minimum absolute atomic E-state index is 0.0611. The van der Waals surface area contributed by atoms with Gasteiger partial charge in [0.1, 0.15) is 5.82 Å². The molecule has 0 bridgehead atoms. The molecule has 1 fully saturated rings. The number of anilines is 1. The average Bonchev–Trinajstić information content (AvgIpc) is 2.76. The van der Waals surface area contributed by atoms with Gasteiger partial charge in [-0.25, -0.2) is 9.78 Å². The quantitative estimate of drug-likeness (QED) is 0.794. The maximum absolute atomic E-state index is 11.4. The lowest BCUT2D eigenvalue weighted by Gasteiger charge is -2.16. The summed E-state index contributed by atoms with van der Waals surface area (Å²) in [5.41, 5.74) is 0.439. The highest BCUT2D eigenvalue weighted by atomic mass is 16.5. The van der Waals surface area contributed by atoms with E-state index in [2.05, 4.69) is 10.3 Å². The van der Waals surface area contributed by atoms with Crippen LogP contribution >= 0.6 is 0 Å². The number of carbonyl (C=O) groups excluding carboxylic acids is 1. The first-order valence-electron chi connectivity index (χ1n) is 6.28. The molecule has 2 unspecified atom stereocenters. The number of esters is 1. The van der Waals surface area contributed by atoms with Gasteiger partial charge in [-0.15, -0.1) is 0 Å². The molecule has 5 nitrogen and oxygen atoms in total. The van der Waals surface area contributed by atoms with Gasteiger partial charge in [0.25, 0.3) is 0 Å². The minimum Gasteiger partial charge on any atom is -0.462 e. The molecule has 1 aliphatic carbocycles. The first-order chi connectivity index (χ1) is 8.70. The molecule has 0 radical (unpaired) electrons. The lowest BCUT2D eigenvalue weighted by Crippen LogP contribution is -2.28. The number of carbonyl (C=O) groups is 1. The molecule has 0 amide bonds. The first-order valence-corrected chi connectivity index (χ1v) is 6.28. The van der Waals surface area contributed by atoms with E-state index >= 15 is 0 Å². The van der Waals surface area contributed by atoms with E-state index in [9.17, 15) is 9.90 Å². The Hall–Kier alpha value is -1.62. The predicted molar refractivity (Wildman–Crippen MR) is 67.5 cm³/mol. The lowest BCUT2D eigenvalue weighted by molar-refractivity contribution is 0.0526. The summed E-state index contributed by atoms with van der Waals surface area (Å²) in [6.45, 7) is 2.12. The van der Waals surface area contributed by atoms with Crippen molar-refractivity contribution in [3.63, 3.8) is 0 Å². The zero-order valence-electron chi connectivity index (χ0n) is 10.4. The second-order valence-electron chi connectivity index (χ2n) is 4.40. The first kappa shape index (κ1) is 12.8. The van der Waals surface area contributed by atoms with Crippen molar-refractivity contribution in [3.05, 3.63) is 23.9 Å². The summed E-state index contributed by atoms with van der Waals surface area (Å²) >= 11 is 0. The van der Waals surface area contributed by atoms with E-state index in [1.165, 1.54) is 6.20 Å². The molecule has 2 atom stereocenters. The zero-order valence-corrected chi connectivity index (χ0v) is 10.4. The summed E-state index contributed by atoms with van der Waals surface area (Å²) in [5, 5.41) is 12.9. The minimum atomic E-state index is -0.363. The number of aliphatic hydroxyl groups excluding tert-OH is 1. The molecular formula is C13H18N2O3. The molecule has 1 aliphatic rings. The Morgan fingerprint density at radius 1 is 1.56 bits per heavy atom. The Morgan fingerprint density at radius 3 is 2.94 bits per heavy atom. The van der Waals surface area contributed by atoms with Gasteiger partial charge in [0, 0.05) is 6.20 Å². The Bertz CT molecular complexity index is 405. The van der Waals surface area contributed by atoms with Crippen LogP contribution in [0.1, 0.15) is 36.5 Å². The van der Waals surface area contributed by atoms with Crippen LogP contribution in [0, 0.1) is 0 Å². The van der Waals surface area contributed by atoms with E-state index in [4.69, 9.17) is 4.74 Å². The summed E-state index contributed by atoms with van der Waals surface area (Å²) in [6.07, 6.45) is 3.99. The number of rotatable bonds is 4. The second kappa shape index (κ2) is 5.82. The molecule has 1 aromatic rings. The standard InChI is InChI=1S/C13H18N2O3/c1-2-18-13(17)9-6-7-12(14-8-9)15-10-4-3-5-11(10)16/h6-8,10-11,16H,2-5H2,1H3,(H,14,15). The van der Waals surface area contributed by atoms with Crippen LogP contribution in [0.5, 0.6) is 0 Å². The smallest absolute Gasteiger partial charge is 0.339 e. The van der Waals surface area contributed by atoms with Crippen molar-refractivity contribution in [2.45, 2.75) is 38.3 Å². The number of hydrogen-bond acceptors (Lipinski definition) is 5. The normalized spacial score (nSPS) is 22.8. The molecule has 0 spiro atoms. The zero-order chi connectivity index (χ0) is 13.0. The molecular weight excluding hydrogens is 232 g/mol. The highest BCUT2D eigenvalue weighted by molar-refractivity contribution is 5.89. The van der Waals surface area contributed by atoms with Crippen LogP contribution < -0.4 is 5.32 Å². The molecule has 1 saturated carbocycles. The third-order valence-electron chi connectivity index (χ3n) is 3.09. The molecule has 0 aromatic carbocycles. The van der Waals surface area contributed by atoms with Crippen LogP contribution in [0.4, 0.5) is 5.82 Å². The van der Waals surface area contributed by atoms with Gasteiger partial charge in [-0.3, -0.25) is 0 Å². The van der Waals surface area contributed by atoms with Gasteiger partial charge in [-0.05, 0) is 38.3 Å². The van der Waals surface area contributed by atoms with E-state index < -0.39 is 0 Å². The van der Waals surface area contributed by atoms with Crippen LogP contribution in [0.15, 0.2) is 18.3 Å². The predicted octanol–water partition coefficient (Wildman–Crippen LogP) is 1.58. The van der Waals surface area contributed by atoms with Crippen molar-refractivity contribution < 1.29 is 14.6 Å². The highest BCUT2D eigenvalue weighted by Gasteiger charge is 2.25. The van der Waals surface area contributed by atoms with E-state index in [1.54, 1.807) is 19.1 Å². The van der Waals surface area contributed by atoms with Crippen molar-refractivity contribution >= 4 is 11.8 Å². The SMILES string of the molecule is CCOC(=O)c1ccc(NC2CCCC2O)nc1. The topological polar surface area (TPSA) is 71.5 Å². The average molecular weight is 250 g/mol. The number of ether oxygens (including phenoxy) is 1. The van der Waals surface area contributed by atoms with Crippen molar-refractivity contribution in [1.29, 1.82) is 0 Å². The molecule has 0 aliphatic heterocycles. The van der Waals surface area contributed by atoms with E-state index in [0.29, 0.717) is 18.0 Å². The van der Waals surface area contributed by atoms with Gasteiger partial charge in [0.2, 0.25) is 0 Å². The van der Waals surface area contributed by atoms with Crippen LogP contribution in [0.3, 0.4) is 0 Å². The van der Waals surface area contributed by atoms with E-state index in [1.807, 2.05) is 0 Å². The van der Waals surface area contributed by atoms with Crippen molar-refractivity contribution in [2.75, 3.05) is 11.9 Å². The summed E-state index contributed by atoms with van der Waals surface area (Å²) in [7, 11) is 0. The largest absolute Gasteiger partial charge is 0.462 e. The third-order valence-corrected chi connectivity index (χ3v) is 3.09. The van der Waals surface area contributed by atoms with E-state index in [0.717, 1.165) is 19.3 Å². The third kappa shape index (κ3) is 2.98. The number of pyridine rings is 1.